The molecule has 9 heteroatoms. The van der Waals surface area contributed by atoms with Crippen molar-refractivity contribution in [2.45, 2.75) is 117 Å². The minimum Gasteiger partial charge on any atom is -0.481 e. The van der Waals surface area contributed by atoms with E-state index < -0.39 is 24.0 Å². The van der Waals surface area contributed by atoms with Crippen LogP contribution < -0.4 is 0 Å². The number of aliphatic carboxylic acids is 3. The minimum absolute atomic E-state index is 0.332. The van der Waals surface area contributed by atoms with Gasteiger partial charge in [-0.2, -0.15) is 0 Å². The summed E-state index contributed by atoms with van der Waals surface area (Å²) in [5.41, 5.74) is 0. The quantitative estimate of drug-likeness (QED) is 0.124. The van der Waals surface area contributed by atoms with Crippen molar-refractivity contribution in [2.24, 2.45) is 0 Å². The SMILES string of the molecule is CC(=O)O.CC(=O)O.CCCCCCCCC=CCCCCCCCC(=O)O.OCC(O)CO. The van der Waals surface area contributed by atoms with Gasteiger partial charge in [-0.25, -0.2) is 0 Å². The average molecular weight is 495 g/mol. The molecule has 0 aromatic carbocycles. The van der Waals surface area contributed by atoms with Crippen LogP contribution in [0.2, 0.25) is 0 Å². The van der Waals surface area contributed by atoms with Gasteiger partial charge in [-0.1, -0.05) is 70.4 Å². The fraction of sp³-hybridized carbons (Fsp3) is 0.800. The number of hydrogen-bond acceptors (Lipinski definition) is 6. The summed E-state index contributed by atoms with van der Waals surface area (Å²) in [7, 11) is 0. The predicted octanol–water partition coefficient (Wildman–Crippen LogP) is 4.62. The molecule has 0 amide bonds. The van der Waals surface area contributed by atoms with Crippen molar-refractivity contribution < 1.29 is 45.0 Å². The molecule has 0 atom stereocenters. The van der Waals surface area contributed by atoms with Crippen molar-refractivity contribution in [2.75, 3.05) is 13.2 Å². The van der Waals surface area contributed by atoms with Gasteiger partial charge in [-0.05, 0) is 32.1 Å². The van der Waals surface area contributed by atoms with E-state index in [2.05, 4.69) is 19.1 Å². The molecule has 0 unspecified atom stereocenters. The van der Waals surface area contributed by atoms with Crippen molar-refractivity contribution in [3.05, 3.63) is 12.2 Å². The Morgan fingerprint density at radius 1 is 0.647 bits per heavy atom. The first-order chi connectivity index (χ1) is 16.0. The van der Waals surface area contributed by atoms with Gasteiger partial charge < -0.3 is 30.6 Å². The highest BCUT2D eigenvalue weighted by molar-refractivity contribution is 5.66. The topological polar surface area (TPSA) is 173 Å². The van der Waals surface area contributed by atoms with Crippen molar-refractivity contribution in [3.8, 4) is 0 Å². The summed E-state index contributed by atoms with van der Waals surface area (Å²) in [4.78, 5) is 28.3. The molecule has 0 rings (SSSR count). The van der Waals surface area contributed by atoms with Crippen molar-refractivity contribution in [1.82, 2.24) is 0 Å². The van der Waals surface area contributed by atoms with E-state index in [9.17, 15) is 4.79 Å². The van der Waals surface area contributed by atoms with Crippen molar-refractivity contribution in [1.29, 1.82) is 0 Å². The first-order valence-electron chi connectivity index (χ1n) is 12.2. The molecule has 0 saturated heterocycles. The second-order valence-corrected chi connectivity index (χ2v) is 7.79. The number of rotatable bonds is 17. The van der Waals surface area contributed by atoms with Crippen LogP contribution in [0.4, 0.5) is 0 Å². The third-order valence-corrected chi connectivity index (χ3v) is 4.07. The number of carboxylic acids is 3. The molecule has 204 valence electrons. The molecule has 0 aliphatic carbocycles. The zero-order valence-corrected chi connectivity index (χ0v) is 21.5. The molecule has 0 aromatic rings. The Hall–Kier alpha value is -1.97. The Balaban J connectivity index is -0.000000260. The number of allylic oxidation sites excluding steroid dienone is 2. The van der Waals surface area contributed by atoms with Crippen molar-refractivity contribution >= 4 is 17.9 Å². The lowest BCUT2D eigenvalue weighted by molar-refractivity contribution is -0.137. The van der Waals surface area contributed by atoms with Crippen LogP contribution in [-0.4, -0.2) is 67.9 Å². The molecule has 0 heterocycles. The van der Waals surface area contributed by atoms with Gasteiger partial charge >= 0.3 is 5.97 Å². The summed E-state index contributed by atoms with van der Waals surface area (Å²) in [6.45, 7) is 3.70. The lowest BCUT2D eigenvalue weighted by Gasteiger charge is -1.99. The maximum absolute atomic E-state index is 10.3. The van der Waals surface area contributed by atoms with Gasteiger partial charge in [0.05, 0.1) is 13.2 Å². The van der Waals surface area contributed by atoms with E-state index in [1.54, 1.807) is 0 Å². The molecule has 0 saturated carbocycles. The van der Waals surface area contributed by atoms with E-state index in [0.29, 0.717) is 6.42 Å². The first-order valence-corrected chi connectivity index (χ1v) is 12.2. The minimum atomic E-state index is -0.954. The average Bonchev–Trinajstić information content (AvgIpc) is 2.75. The molecular weight excluding hydrogens is 444 g/mol. The molecule has 6 N–H and O–H groups in total. The second-order valence-electron chi connectivity index (χ2n) is 7.79. The van der Waals surface area contributed by atoms with Crippen LogP contribution in [0.5, 0.6) is 0 Å². The molecule has 0 bridgehead atoms. The highest BCUT2D eigenvalue weighted by atomic mass is 16.4. The Morgan fingerprint density at radius 2 is 0.971 bits per heavy atom. The second kappa shape index (κ2) is 35.6. The van der Waals surface area contributed by atoms with Crippen LogP contribution in [0.3, 0.4) is 0 Å². The Morgan fingerprint density at radius 3 is 1.26 bits per heavy atom. The molecule has 0 spiro atoms. The highest BCUT2D eigenvalue weighted by Gasteiger charge is 1.96. The Kier molecular flexibility index (Phi) is 41.1. The molecule has 9 nitrogen and oxygen atoms in total. The van der Waals surface area contributed by atoms with E-state index >= 15 is 0 Å². The number of aliphatic hydroxyl groups excluding tert-OH is 3. The van der Waals surface area contributed by atoms with Gasteiger partial charge in [-0.3, -0.25) is 14.4 Å². The van der Waals surface area contributed by atoms with Crippen LogP contribution in [0.25, 0.3) is 0 Å². The van der Waals surface area contributed by atoms with Crippen LogP contribution in [0.1, 0.15) is 111 Å². The molecule has 0 aromatic heterocycles. The molecule has 34 heavy (non-hydrogen) atoms. The van der Waals surface area contributed by atoms with Gasteiger partial charge in [0.1, 0.15) is 6.10 Å². The van der Waals surface area contributed by atoms with Crippen LogP contribution >= 0.6 is 0 Å². The normalized spacial score (nSPS) is 9.85. The smallest absolute Gasteiger partial charge is 0.303 e. The maximum atomic E-state index is 10.3. The number of aliphatic hydroxyl groups is 3. The summed E-state index contributed by atoms with van der Waals surface area (Å²) in [5, 5.41) is 47.4. The summed E-state index contributed by atoms with van der Waals surface area (Å²) in [6.07, 6.45) is 20.3. The Bertz CT molecular complexity index is 441. The van der Waals surface area contributed by atoms with Gasteiger partial charge in [0.15, 0.2) is 0 Å². The van der Waals surface area contributed by atoms with Crippen LogP contribution in [0, 0.1) is 0 Å². The lowest BCUT2D eigenvalue weighted by atomic mass is 10.1. The molecule has 0 aliphatic rings. The maximum Gasteiger partial charge on any atom is 0.303 e. The standard InChI is InChI=1S/C18H34O2.C3H8O3.2C2H4O2/c1-2-3-4-5-6-7-8-9-10-11-12-13-14-15-16-17-18(19)20;4-1-3(6)2-5;2*1-2(3)4/h9-10H,2-8,11-17H2,1H3,(H,19,20);3-6H,1-2H2;2*1H3,(H,3,4). The van der Waals surface area contributed by atoms with E-state index in [0.717, 1.165) is 26.7 Å². The lowest BCUT2D eigenvalue weighted by Crippen LogP contribution is -2.15. The van der Waals surface area contributed by atoms with E-state index in [4.69, 9.17) is 40.2 Å². The molecule has 0 radical (unpaired) electrons. The first kappa shape index (κ1) is 39.3. The molecule has 0 fully saturated rings. The number of unbranched alkanes of at least 4 members (excludes halogenated alkanes) is 11. The molecule has 0 aliphatic heterocycles. The summed E-state index contributed by atoms with van der Waals surface area (Å²) in [6, 6.07) is 0. The van der Waals surface area contributed by atoms with Gasteiger partial charge in [0.2, 0.25) is 0 Å². The fourth-order valence-electron chi connectivity index (χ4n) is 2.40. The largest absolute Gasteiger partial charge is 0.481 e. The highest BCUT2D eigenvalue weighted by Crippen LogP contribution is 2.09. The predicted molar refractivity (Wildman–Crippen MR) is 134 cm³/mol. The summed E-state index contributed by atoms with van der Waals surface area (Å²) in [5.74, 6) is -2.33. The van der Waals surface area contributed by atoms with Gasteiger partial charge in [-0.15, -0.1) is 0 Å². The van der Waals surface area contributed by atoms with E-state index in [1.165, 1.54) is 70.6 Å². The van der Waals surface area contributed by atoms with E-state index in [-0.39, 0.29) is 13.2 Å². The molecular formula is C25H50O9. The Labute approximate surface area is 205 Å². The number of carbonyl (C=O) groups is 3. The van der Waals surface area contributed by atoms with Crippen LogP contribution in [0.15, 0.2) is 12.2 Å². The zero-order chi connectivity index (χ0) is 27.0. The number of carboxylic acid groups (broad SMARTS) is 3. The fourth-order valence-corrected chi connectivity index (χ4v) is 2.40. The van der Waals surface area contributed by atoms with E-state index in [1.807, 2.05) is 0 Å². The monoisotopic (exact) mass is 494 g/mol. The van der Waals surface area contributed by atoms with Crippen LogP contribution in [-0.2, 0) is 14.4 Å². The van der Waals surface area contributed by atoms with Gasteiger partial charge in [0.25, 0.3) is 11.9 Å². The van der Waals surface area contributed by atoms with Gasteiger partial charge in [0, 0.05) is 20.3 Å². The third-order valence-electron chi connectivity index (χ3n) is 4.07. The summed E-state index contributed by atoms with van der Waals surface area (Å²) >= 11 is 0. The third kappa shape index (κ3) is 69.9. The number of hydrogen-bond donors (Lipinski definition) is 6. The van der Waals surface area contributed by atoms with Crippen molar-refractivity contribution in [3.63, 3.8) is 0 Å². The zero-order valence-electron chi connectivity index (χ0n) is 21.5. The summed E-state index contributed by atoms with van der Waals surface area (Å²) < 4.78 is 0.